The highest BCUT2D eigenvalue weighted by Gasteiger charge is 2.24. The number of methoxy groups -OCH3 is 3. The van der Waals surface area contributed by atoms with Gasteiger partial charge in [0.05, 0.1) is 33.6 Å². The first-order chi connectivity index (χ1) is 13.9. The van der Waals surface area contributed by atoms with Crippen LogP contribution in [0.5, 0.6) is 23.0 Å². The third kappa shape index (κ3) is 5.31. The molecule has 0 bridgehead atoms. The van der Waals surface area contributed by atoms with Gasteiger partial charge in [0.15, 0.2) is 17.6 Å². The average molecular weight is 403 g/mol. The van der Waals surface area contributed by atoms with E-state index in [2.05, 4.69) is 5.32 Å². The molecule has 0 radical (unpaired) electrons. The van der Waals surface area contributed by atoms with Gasteiger partial charge < -0.3 is 29.0 Å². The number of anilines is 1. The molecule has 0 aromatic heterocycles. The van der Waals surface area contributed by atoms with Crippen LogP contribution >= 0.6 is 0 Å². The molecule has 0 aliphatic carbocycles. The Balaban J connectivity index is 2.15. The average Bonchev–Trinajstić information content (AvgIpc) is 2.73. The fourth-order valence-corrected chi connectivity index (χ4v) is 2.55. The number of ether oxygens (including phenoxy) is 5. The van der Waals surface area contributed by atoms with E-state index in [0.717, 1.165) is 0 Å². The molecule has 2 rings (SSSR count). The summed E-state index contributed by atoms with van der Waals surface area (Å²) in [5.74, 6) is 0.279. The van der Waals surface area contributed by atoms with E-state index in [9.17, 15) is 9.59 Å². The predicted molar refractivity (Wildman–Crippen MR) is 107 cm³/mol. The molecule has 0 fully saturated rings. The van der Waals surface area contributed by atoms with Crippen molar-refractivity contribution < 1.29 is 33.3 Å². The maximum Gasteiger partial charge on any atom is 0.342 e. The number of rotatable bonds is 9. The van der Waals surface area contributed by atoms with Crippen molar-refractivity contribution in [2.24, 2.45) is 0 Å². The lowest BCUT2D eigenvalue weighted by Gasteiger charge is -2.17. The summed E-state index contributed by atoms with van der Waals surface area (Å²) in [7, 11) is 4.34. The van der Waals surface area contributed by atoms with E-state index in [-0.39, 0.29) is 11.3 Å². The van der Waals surface area contributed by atoms with Crippen molar-refractivity contribution in [1.82, 2.24) is 0 Å². The smallest absolute Gasteiger partial charge is 0.342 e. The molecule has 0 saturated heterocycles. The van der Waals surface area contributed by atoms with Crippen LogP contribution in [0.15, 0.2) is 36.4 Å². The molecule has 0 aliphatic heterocycles. The summed E-state index contributed by atoms with van der Waals surface area (Å²) >= 11 is 0. The number of esters is 1. The number of hydrogen-bond donors (Lipinski definition) is 1. The van der Waals surface area contributed by atoms with Gasteiger partial charge in [-0.3, -0.25) is 4.79 Å². The zero-order valence-corrected chi connectivity index (χ0v) is 17.1. The number of nitrogens with one attached hydrogen (secondary N) is 1. The first-order valence-electron chi connectivity index (χ1n) is 8.98. The van der Waals surface area contributed by atoms with Crippen LogP contribution in [-0.4, -0.2) is 45.9 Å². The van der Waals surface area contributed by atoms with Gasteiger partial charge in [0.1, 0.15) is 17.1 Å². The van der Waals surface area contributed by atoms with Gasteiger partial charge in [-0.2, -0.15) is 0 Å². The van der Waals surface area contributed by atoms with E-state index >= 15 is 0 Å². The van der Waals surface area contributed by atoms with E-state index in [0.29, 0.717) is 29.5 Å². The molecule has 0 aliphatic rings. The molecule has 1 atom stereocenters. The first kappa shape index (κ1) is 21.9. The molecule has 1 unspecified atom stereocenters. The molecule has 8 nitrogen and oxygen atoms in total. The Morgan fingerprint density at radius 1 is 0.931 bits per heavy atom. The summed E-state index contributed by atoms with van der Waals surface area (Å²) < 4.78 is 26.4. The largest absolute Gasteiger partial charge is 0.496 e. The fourth-order valence-electron chi connectivity index (χ4n) is 2.55. The zero-order chi connectivity index (χ0) is 21.4. The van der Waals surface area contributed by atoms with E-state index in [1.807, 2.05) is 6.92 Å². The van der Waals surface area contributed by atoms with Crippen molar-refractivity contribution in [3.05, 3.63) is 42.0 Å². The van der Waals surface area contributed by atoms with Gasteiger partial charge in [0, 0.05) is 12.1 Å². The second-order valence-electron chi connectivity index (χ2n) is 5.87. The molecule has 0 spiro atoms. The lowest BCUT2D eigenvalue weighted by atomic mass is 10.1. The Bertz CT molecular complexity index is 866. The molecular formula is C21H25NO7. The highest BCUT2D eigenvalue weighted by atomic mass is 16.6. The van der Waals surface area contributed by atoms with Crippen molar-refractivity contribution in [2.45, 2.75) is 20.0 Å². The molecule has 156 valence electrons. The number of hydrogen-bond acceptors (Lipinski definition) is 7. The molecule has 2 aromatic rings. The molecule has 1 amide bonds. The van der Waals surface area contributed by atoms with Gasteiger partial charge in [0.25, 0.3) is 5.91 Å². The van der Waals surface area contributed by atoms with E-state index in [4.69, 9.17) is 23.7 Å². The molecule has 29 heavy (non-hydrogen) atoms. The monoisotopic (exact) mass is 403 g/mol. The highest BCUT2D eigenvalue weighted by molar-refractivity contribution is 5.99. The van der Waals surface area contributed by atoms with Crippen molar-refractivity contribution in [2.75, 3.05) is 33.3 Å². The van der Waals surface area contributed by atoms with E-state index in [1.165, 1.54) is 40.4 Å². The predicted octanol–water partition coefficient (Wildman–Crippen LogP) is 3.30. The summed E-state index contributed by atoms with van der Waals surface area (Å²) in [5, 5.41) is 2.70. The number of carbonyl (C=O) groups excluding carboxylic acids is 2. The van der Waals surface area contributed by atoms with Crippen LogP contribution in [0.25, 0.3) is 0 Å². The number of para-hydroxylation sites is 2. The second kappa shape index (κ2) is 10.2. The van der Waals surface area contributed by atoms with Crippen LogP contribution in [-0.2, 0) is 9.53 Å². The summed E-state index contributed by atoms with van der Waals surface area (Å²) in [4.78, 5) is 25.1. The molecule has 0 heterocycles. The number of carbonyl (C=O) groups is 2. The normalized spacial score (nSPS) is 11.2. The van der Waals surface area contributed by atoms with Crippen LogP contribution in [0.1, 0.15) is 24.2 Å². The van der Waals surface area contributed by atoms with Crippen LogP contribution in [0, 0.1) is 0 Å². The van der Waals surface area contributed by atoms with Gasteiger partial charge >= 0.3 is 5.97 Å². The standard InChI is InChI=1S/C21H25NO7/c1-6-28-16-10-8-7-9-15(16)22-20(23)13(2)29-21(24)14-11-18(26-4)19(27-5)12-17(14)25-3/h7-13H,6H2,1-5H3,(H,22,23). The lowest BCUT2D eigenvalue weighted by Crippen LogP contribution is -2.30. The minimum absolute atomic E-state index is 0.111. The van der Waals surface area contributed by atoms with Crippen molar-refractivity contribution >= 4 is 17.6 Å². The summed E-state index contributed by atoms with van der Waals surface area (Å²) in [6.07, 6.45) is -1.06. The van der Waals surface area contributed by atoms with Crippen molar-refractivity contribution in [1.29, 1.82) is 0 Å². The number of benzene rings is 2. The molecule has 0 saturated carbocycles. The summed E-state index contributed by atoms with van der Waals surface area (Å²) in [5.41, 5.74) is 0.602. The van der Waals surface area contributed by atoms with Crippen molar-refractivity contribution in [3.63, 3.8) is 0 Å². The molecule has 2 aromatic carbocycles. The Hall–Kier alpha value is -3.42. The third-order valence-corrected chi connectivity index (χ3v) is 4.02. The lowest BCUT2D eigenvalue weighted by molar-refractivity contribution is -0.123. The topological polar surface area (TPSA) is 92.3 Å². The Kier molecular flexibility index (Phi) is 7.70. The summed E-state index contributed by atoms with van der Waals surface area (Å²) in [6.45, 7) is 3.78. The van der Waals surface area contributed by atoms with Crippen LogP contribution in [0.3, 0.4) is 0 Å². The van der Waals surface area contributed by atoms with Crippen LogP contribution < -0.4 is 24.3 Å². The van der Waals surface area contributed by atoms with Crippen LogP contribution in [0.4, 0.5) is 5.69 Å². The van der Waals surface area contributed by atoms with Crippen LogP contribution in [0.2, 0.25) is 0 Å². The Labute approximate surface area is 169 Å². The number of amides is 1. The minimum atomic E-state index is -1.06. The van der Waals surface area contributed by atoms with Gasteiger partial charge in [-0.25, -0.2) is 4.79 Å². The molecular weight excluding hydrogens is 378 g/mol. The van der Waals surface area contributed by atoms with E-state index in [1.54, 1.807) is 24.3 Å². The Morgan fingerprint density at radius 3 is 2.17 bits per heavy atom. The fraction of sp³-hybridized carbons (Fsp3) is 0.333. The summed E-state index contributed by atoms with van der Waals surface area (Å²) in [6, 6.07) is 9.96. The van der Waals surface area contributed by atoms with Gasteiger partial charge in [-0.15, -0.1) is 0 Å². The minimum Gasteiger partial charge on any atom is -0.496 e. The van der Waals surface area contributed by atoms with Gasteiger partial charge in [0.2, 0.25) is 0 Å². The third-order valence-electron chi connectivity index (χ3n) is 4.02. The van der Waals surface area contributed by atoms with Crippen molar-refractivity contribution in [3.8, 4) is 23.0 Å². The second-order valence-corrected chi connectivity index (χ2v) is 5.87. The SMILES string of the molecule is CCOc1ccccc1NC(=O)C(C)OC(=O)c1cc(OC)c(OC)cc1OC. The first-order valence-corrected chi connectivity index (χ1v) is 8.98. The Morgan fingerprint density at radius 2 is 1.55 bits per heavy atom. The molecule has 1 N–H and O–H groups in total. The maximum absolute atomic E-state index is 12.6. The maximum atomic E-state index is 12.6. The zero-order valence-electron chi connectivity index (χ0n) is 17.1. The van der Waals surface area contributed by atoms with E-state index < -0.39 is 18.0 Å². The van der Waals surface area contributed by atoms with Gasteiger partial charge in [-0.1, -0.05) is 12.1 Å². The molecule has 8 heteroatoms. The highest BCUT2D eigenvalue weighted by Crippen LogP contribution is 2.35. The van der Waals surface area contributed by atoms with Gasteiger partial charge in [-0.05, 0) is 26.0 Å². The quantitative estimate of drug-likeness (QED) is 0.642.